The average Bonchev–Trinajstić information content (AvgIpc) is 2.83. The van der Waals surface area contributed by atoms with E-state index in [9.17, 15) is 4.39 Å². The number of thioether (sulfide) groups is 1. The molecule has 0 saturated carbocycles. The molecular weight excluding hydrogens is 343 g/mol. The summed E-state index contributed by atoms with van der Waals surface area (Å²) >= 11 is 2.04. The van der Waals surface area contributed by atoms with Crippen LogP contribution in [0.5, 0.6) is 0 Å². The highest BCUT2D eigenvalue weighted by Crippen LogP contribution is 2.50. The highest BCUT2D eigenvalue weighted by atomic mass is 32.2. The van der Waals surface area contributed by atoms with Crippen LogP contribution in [0.2, 0.25) is 0 Å². The van der Waals surface area contributed by atoms with Crippen LogP contribution >= 0.6 is 11.8 Å². The van der Waals surface area contributed by atoms with Crippen LogP contribution in [-0.4, -0.2) is 42.9 Å². The fourth-order valence-corrected chi connectivity index (χ4v) is 5.99. The van der Waals surface area contributed by atoms with Crippen molar-refractivity contribution in [2.24, 2.45) is 0 Å². The summed E-state index contributed by atoms with van der Waals surface area (Å²) < 4.78 is 13.1. The third kappa shape index (κ3) is 2.93. The Morgan fingerprint density at radius 1 is 1.08 bits per heavy atom. The van der Waals surface area contributed by atoms with Gasteiger partial charge < -0.3 is 9.80 Å². The average molecular weight is 369 g/mol. The van der Waals surface area contributed by atoms with Gasteiger partial charge in [0.2, 0.25) is 0 Å². The number of hydrogen-bond acceptors (Lipinski definition) is 3. The van der Waals surface area contributed by atoms with E-state index in [0.717, 1.165) is 19.5 Å². The van der Waals surface area contributed by atoms with E-state index in [1.165, 1.54) is 42.1 Å². The number of hydrogen-bond donors (Lipinski definition) is 0. The SMILES string of the molecule is Fc1ccc(CCN2CCC3C(C2)c2cccc4c2N3CCCS4)cc1. The second-order valence-electron chi connectivity index (χ2n) is 7.73. The molecule has 0 aliphatic carbocycles. The van der Waals surface area contributed by atoms with Crippen LogP contribution in [0.15, 0.2) is 47.4 Å². The Kier molecular flexibility index (Phi) is 4.41. The molecule has 5 rings (SSSR count). The van der Waals surface area contributed by atoms with Gasteiger partial charge in [-0.2, -0.15) is 0 Å². The molecule has 2 aromatic rings. The standard InChI is InChI=1S/C22H25FN2S/c23-17-7-5-16(6-8-17)9-12-24-13-10-20-19(15-24)18-3-1-4-21-22(18)25(20)11-2-14-26-21/h1,3-8,19-20H,2,9-15H2. The molecule has 2 atom stereocenters. The minimum absolute atomic E-state index is 0.146. The van der Waals surface area contributed by atoms with E-state index in [1.54, 1.807) is 23.4 Å². The van der Waals surface area contributed by atoms with Gasteiger partial charge in [0.25, 0.3) is 0 Å². The van der Waals surface area contributed by atoms with Gasteiger partial charge in [0, 0.05) is 43.0 Å². The molecule has 3 heterocycles. The number of rotatable bonds is 3. The number of anilines is 1. The van der Waals surface area contributed by atoms with Crippen molar-refractivity contribution in [2.45, 2.75) is 36.1 Å². The smallest absolute Gasteiger partial charge is 0.123 e. The first-order valence-electron chi connectivity index (χ1n) is 9.79. The summed E-state index contributed by atoms with van der Waals surface area (Å²) in [7, 11) is 0. The highest BCUT2D eigenvalue weighted by Gasteiger charge is 2.43. The van der Waals surface area contributed by atoms with E-state index in [0.29, 0.717) is 12.0 Å². The summed E-state index contributed by atoms with van der Waals surface area (Å²) in [4.78, 5) is 6.84. The van der Waals surface area contributed by atoms with E-state index in [-0.39, 0.29) is 5.82 Å². The Morgan fingerprint density at radius 3 is 2.85 bits per heavy atom. The van der Waals surface area contributed by atoms with Crippen LogP contribution in [-0.2, 0) is 6.42 Å². The van der Waals surface area contributed by atoms with Crippen LogP contribution in [0.1, 0.15) is 29.9 Å². The van der Waals surface area contributed by atoms with Crippen molar-refractivity contribution in [3.63, 3.8) is 0 Å². The van der Waals surface area contributed by atoms with Gasteiger partial charge in [-0.1, -0.05) is 24.3 Å². The van der Waals surface area contributed by atoms with Gasteiger partial charge in [0.15, 0.2) is 0 Å². The molecule has 3 aliphatic heterocycles. The zero-order valence-corrected chi connectivity index (χ0v) is 15.9. The Labute approximate surface area is 159 Å². The van der Waals surface area contributed by atoms with Crippen molar-refractivity contribution in [2.75, 3.05) is 36.8 Å². The fourth-order valence-electron chi connectivity index (χ4n) is 4.95. The maximum absolute atomic E-state index is 13.1. The molecule has 2 unspecified atom stereocenters. The van der Waals surface area contributed by atoms with E-state index < -0.39 is 0 Å². The van der Waals surface area contributed by atoms with Gasteiger partial charge in [-0.15, -0.1) is 11.8 Å². The molecule has 1 saturated heterocycles. The molecule has 0 aromatic heterocycles. The molecule has 26 heavy (non-hydrogen) atoms. The van der Waals surface area contributed by atoms with E-state index in [2.05, 4.69) is 28.0 Å². The van der Waals surface area contributed by atoms with Crippen LogP contribution in [0.4, 0.5) is 10.1 Å². The summed E-state index contributed by atoms with van der Waals surface area (Å²) in [6, 6.07) is 14.6. The van der Waals surface area contributed by atoms with Crippen molar-refractivity contribution in [3.8, 4) is 0 Å². The first-order valence-corrected chi connectivity index (χ1v) is 10.8. The van der Waals surface area contributed by atoms with E-state index in [4.69, 9.17) is 0 Å². The molecule has 0 spiro atoms. The number of halogens is 1. The van der Waals surface area contributed by atoms with Crippen LogP contribution in [0.25, 0.3) is 0 Å². The zero-order valence-electron chi connectivity index (χ0n) is 15.0. The second-order valence-corrected chi connectivity index (χ2v) is 8.87. The third-order valence-electron chi connectivity index (χ3n) is 6.21. The summed E-state index contributed by atoms with van der Waals surface area (Å²) in [5.74, 6) is 1.74. The van der Waals surface area contributed by atoms with Crippen molar-refractivity contribution < 1.29 is 4.39 Å². The fraction of sp³-hybridized carbons (Fsp3) is 0.455. The molecule has 1 fully saturated rings. The number of nitrogens with zero attached hydrogens (tertiary/aromatic N) is 2. The van der Waals surface area contributed by atoms with Crippen molar-refractivity contribution >= 4 is 17.4 Å². The molecule has 4 heteroatoms. The Hall–Kier alpha value is -1.52. The lowest BCUT2D eigenvalue weighted by atomic mass is 9.89. The van der Waals surface area contributed by atoms with Crippen LogP contribution in [0, 0.1) is 5.82 Å². The van der Waals surface area contributed by atoms with Gasteiger partial charge >= 0.3 is 0 Å². The minimum Gasteiger partial charge on any atom is -0.367 e. The van der Waals surface area contributed by atoms with Crippen LogP contribution in [0.3, 0.4) is 0 Å². The number of likely N-dealkylation sites (tertiary alicyclic amines) is 1. The van der Waals surface area contributed by atoms with Gasteiger partial charge in [-0.25, -0.2) is 4.39 Å². The normalized spacial score (nSPS) is 24.9. The minimum atomic E-state index is -0.146. The summed E-state index contributed by atoms with van der Waals surface area (Å²) in [6.45, 7) is 4.62. The Bertz CT molecular complexity index is 791. The quantitative estimate of drug-likeness (QED) is 0.785. The summed E-state index contributed by atoms with van der Waals surface area (Å²) in [6.07, 6.45) is 3.55. The largest absolute Gasteiger partial charge is 0.367 e. The van der Waals surface area contributed by atoms with Crippen molar-refractivity contribution in [1.29, 1.82) is 0 Å². The van der Waals surface area contributed by atoms with Gasteiger partial charge in [0.1, 0.15) is 5.82 Å². The molecule has 3 aliphatic rings. The molecule has 136 valence electrons. The summed E-state index contributed by atoms with van der Waals surface area (Å²) in [5.41, 5.74) is 4.36. The third-order valence-corrected chi connectivity index (χ3v) is 7.34. The number of para-hydroxylation sites is 1. The lowest BCUT2D eigenvalue weighted by Crippen LogP contribution is -2.47. The molecule has 0 N–H and O–H groups in total. The maximum Gasteiger partial charge on any atom is 0.123 e. The first kappa shape index (κ1) is 16.6. The van der Waals surface area contributed by atoms with Gasteiger partial charge in [0.05, 0.1) is 5.69 Å². The zero-order chi connectivity index (χ0) is 17.5. The molecule has 2 aromatic carbocycles. The van der Waals surface area contributed by atoms with Gasteiger partial charge in [-0.05, 0) is 54.3 Å². The molecular formula is C22H25FN2S. The molecule has 2 nitrogen and oxygen atoms in total. The van der Waals surface area contributed by atoms with Crippen molar-refractivity contribution in [1.82, 2.24) is 4.90 Å². The predicted octanol–water partition coefficient (Wildman–Crippen LogP) is 4.54. The van der Waals surface area contributed by atoms with E-state index >= 15 is 0 Å². The Morgan fingerprint density at radius 2 is 1.96 bits per heavy atom. The second kappa shape index (κ2) is 6.90. The highest BCUT2D eigenvalue weighted by molar-refractivity contribution is 7.99. The summed E-state index contributed by atoms with van der Waals surface area (Å²) in [5, 5.41) is 0. The number of benzene rings is 2. The van der Waals surface area contributed by atoms with E-state index in [1.807, 2.05) is 23.9 Å². The van der Waals surface area contributed by atoms with Crippen LogP contribution < -0.4 is 4.90 Å². The van der Waals surface area contributed by atoms with Crippen molar-refractivity contribution in [3.05, 3.63) is 59.4 Å². The van der Waals surface area contributed by atoms with Gasteiger partial charge in [-0.3, -0.25) is 0 Å². The molecule has 0 radical (unpaired) electrons. The molecule has 0 amide bonds. The first-order chi connectivity index (χ1) is 12.8. The molecule has 0 bridgehead atoms. The Balaban J connectivity index is 1.33. The predicted molar refractivity (Wildman–Crippen MR) is 107 cm³/mol. The number of fused-ring (bicyclic) bond motifs is 3. The lowest BCUT2D eigenvalue weighted by molar-refractivity contribution is 0.195. The lowest BCUT2D eigenvalue weighted by Gasteiger charge is -2.39. The topological polar surface area (TPSA) is 6.48 Å². The maximum atomic E-state index is 13.1. The number of piperidine rings is 1. The monoisotopic (exact) mass is 368 g/mol.